The van der Waals surface area contributed by atoms with Crippen LogP contribution in [0.25, 0.3) is 0 Å². The number of likely N-dealkylation sites (N-methyl/N-ethyl adjacent to an activating group) is 2. The molecular formula is C16H27FN2. The zero-order valence-electron chi connectivity index (χ0n) is 12.8. The topological polar surface area (TPSA) is 15.3 Å². The largest absolute Gasteiger partial charge is 0.315 e. The Balaban J connectivity index is 2.84. The molecule has 2 nitrogen and oxygen atoms in total. The first-order valence-electron chi connectivity index (χ1n) is 7.16. The molecule has 2 unspecified atom stereocenters. The average Bonchev–Trinajstić information content (AvgIpc) is 2.38. The minimum Gasteiger partial charge on any atom is -0.315 e. The summed E-state index contributed by atoms with van der Waals surface area (Å²) in [6.45, 7) is 10.5. The molecule has 0 aliphatic carbocycles. The van der Waals surface area contributed by atoms with E-state index < -0.39 is 0 Å². The number of nitrogens with one attached hydrogen (secondary N) is 1. The third kappa shape index (κ3) is 4.29. The highest BCUT2D eigenvalue weighted by Crippen LogP contribution is 2.25. The van der Waals surface area contributed by atoms with Crippen LogP contribution in [0.4, 0.5) is 4.39 Å². The van der Waals surface area contributed by atoms with E-state index in [9.17, 15) is 4.39 Å². The van der Waals surface area contributed by atoms with Crippen molar-refractivity contribution in [2.24, 2.45) is 5.92 Å². The molecule has 0 spiro atoms. The second-order valence-corrected chi connectivity index (χ2v) is 5.48. The summed E-state index contributed by atoms with van der Waals surface area (Å²) in [5.74, 6) is 0.408. The lowest BCUT2D eigenvalue weighted by Gasteiger charge is -2.36. The van der Waals surface area contributed by atoms with Crippen molar-refractivity contribution in [1.82, 2.24) is 10.2 Å². The Morgan fingerprint density at radius 2 is 1.84 bits per heavy atom. The van der Waals surface area contributed by atoms with E-state index in [0.717, 1.165) is 18.7 Å². The lowest BCUT2D eigenvalue weighted by molar-refractivity contribution is 0.140. The van der Waals surface area contributed by atoms with Crippen molar-refractivity contribution < 1.29 is 4.39 Å². The van der Waals surface area contributed by atoms with Gasteiger partial charge in [-0.05, 0) is 32.5 Å². The Morgan fingerprint density at radius 1 is 1.21 bits per heavy atom. The van der Waals surface area contributed by atoms with Gasteiger partial charge in [-0.15, -0.1) is 0 Å². The number of hydrogen-bond donors (Lipinski definition) is 1. The zero-order chi connectivity index (χ0) is 14.4. The van der Waals surface area contributed by atoms with Crippen molar-refractivity contribution in [3.8, 4) is 0 Å². The van der Waals surface area contributed by atoms with Gasteiger partial charge >= 0.3 is 0 Å². The molecular weight excluding hydrogens is 239 g/mol. The SMILES string of the molecule is CCNCC(C(C)C)N(C)C(C)c1ccccc1F. The second kappa shape index (κ2) is 7.61. The molecule has 3 heteroatoms. The molecule has 2 atom stereocenters. The van der Waals surface area contributed by atoms with Crippen molar-refractivity contribution in [3.63, 3.8) is 0 Å². The number of rotatable bonds is 7. The first-order valence-corrected chi connectivity index (χ1v) is 7.16. The van der Waals surface area contributed by atoms with Gasteiger partial charge in [0.2, 0.25) is 0 Å². The molecule has 0 amide bonds. The van der Waals surface area contributed by atoms with E-state index in [2.05, 4.69) is 45.0 Å². The second-order valence-electron chi connectivity index (χ2n) is 5.48. The van der Waals surface area contributed by atoms with Crippen molar-refractivity contribution in [2.75, 3.05) is 20.1 Å². The van der Waals surface area contributed by atoms with Gasteiger partial charge < -0.3 is 5.32 Å². The summed E-state index contributed by atoms with van der Waals surface area (Å²) in [6.07, 6.45) is 0. The van der Waals surface area contributed by atoms with E-state index in [-0.39, 0.29) is 11.9 Å². The molecule has 1 aromatic carbocycles. The van der Waals surface area contributed by atoms with Crippen LogP contribution >= 0.6 is 0 Å². The van der Waals surface area contributed by atoms with E-state index in [1.165, 1.54) is 6.07 Å². The van der Waals surface area contributed by atoms with E-state index in [0.29, 0.717) is 12.0 Å². The zero-order valence-corrected chi connectivity index (χ0v) is 12.8. The molecule has 108 valence electrons. The normalized spacial score (nSPS) is 14.9. The molecule has 0 aliphatic heterocycles. The number of nitrogens with zero attached hydrogens (tertiary/aromatic N) is 1. The molecule has 1 rings (SSSR count). The first kappa shape index (κ1) is 16.1. The fraction of sp³-hybridized carbons (Fsp3) is 0.625. The summed E-state index contributed by atoms with van der Waals surface area (Å²) in [4.78, 5) is 2.27. The molecule has 0 radical (unpaired) electrons. The molecule has 0 bridgehead atoms. The molecule has 0 aliphatic rings. The predicted molar refractivity (Wildman–Crippen MR) is 79.7 cm³/mol. The number of hydrogen-bond acceptors (Lipinski definition) is 2. The van der Waals surface area contributed by atoms with E-state index >= 15 is 0 Å². The third-order valence-electron chi connectivity index (χ3n) is 3.86. The maximum absolute atomic E-state index is 13.9. The van der Waals surface area contributed by atoms with Crippen molar-refractivity contribution in [2.45, 2.75) is 39.8 Å². The minimum absolute atomic E-state index is 0.0762. The Kier molecular flexibility index (Phi) is 6.46. The van der Waals surface area contributed by atoms with E-state index in [1.807, 2.05) is 12.1 Å². The van der Waals surface area contributed by atoms with Gasteiger partial charge in [0.15, 0.2) is 0 Å². The quantitative estimate of drug-likeness (QED) is 0.813. The Bertz CT molecular complexity index is 379. The number of benzene rings is 1. The Labute approximate surface area is 117 Å². The van der Waals surface area contributed by atoms with Gasteiger partial charge in [0.25, 0.3) is 0 Å². The summed E-state index contributed by atoms with van der Waals surface area (Å²) < 4.78 is 13.9. The molecule has 19 heavy (non-hydrogen) atoms. The highest BCUT2D eigenvalue weighted by Gasteiger charge is 2.24. The van der Waals surface area contributed by atoms with Crippen molar-refractivity contribution in [1.29, 1.82) is 0 Å². The summed E-state index contributed by atoms with van der Waals surface area (Å²) in [6, 6.07) is 7.53. The van der Waals surface area contributed by atoms with Crippen LogP contribution in [-0.4, -0.2) is 31.1 Å². The maximum atomic E-state index is 13.9. The highest BCUT2D eigenvalue weighted by molar-refractivity contribution is 5.20. The van der Waals surface area contributed by atoms with Gasteiger partial charge in [-0.25, -0.2) is 4.39 Å². The fourth-order valence-electron chi connectivity index (χ4n) is 2.46. The summed E-state index contributed by atoms with van der Waals surface area (Å²) in [7, 11) is 2.08. The van der Waals surface area contributed by atoms with Crippen LogP contribution < -0.4 is 5.32 Å². The van der Waals surface area contributed by atoms with Crippen LogP contribution in [0.3, 0.4) is 0 Å². The van der Waals surface area contributed by atoms with Gasteiger partial charge in [0, 0.05) is 24.2 Å². The van der Waals surface area contributed by atoms with Gasteiger partial charge in [-0.1, -0.05) is 39.0 Å². The van der Waals surface area contributed by atoms with Crippen LogP contribution in [0.2, 0.25) is 0 Å². The molecule has 0 fully saturated rings. The van der Waals surface area contributed by atoms with Crippen LogP contribution in [0.5, 0.6) is 0 Å². The van der Waals surface area contributed by atoms with Gasteiger partial charge in [-0.2, -0.15) is 0 Å². The predicted octanol–water partition coefficient (Wildman–Crippen LogP) is 3.45. The summed E-state index contributed by atoms with van der Waals surface area (Å²) in [5.41, 5.74) is 0.771. The van der Waals surface area contributed by atoms with Crippen LogP contribution in [0.15, 0.2) is 24.3 Å². The third-order valence-corrected chi connectivity index (χ3v) is 3.86. The highest BCUT2D eigenvalue weighted by atomic mass is 19.1. The summed E-state index contributed by atoms with van der Waals surface area (Å²) >= 11 is 0. The average molecular weight is 266 g/mol. The standard InChI is InChI=1S/C16H27FN2/c1-6-18-11-16(12(2)3)19(5)13(4)14-9-7-8-10-15(14)17/h7-10,12-13,16,18H,6,11H2,1-5H3. The lowest BCUT2D eigenvalue weighted by atomic mass is 9.98. The van der Waals surface area contributed by atoms with Crippen LogP contribution in [0.1, 0.15) is 39.3 Å². The Hall–Kier alpha value is -0.930. The number of halogens is 1. The minimum atomic E-state index is -0.118. The van der Waals surface area contributed by atoms with Gasteiger partial charge in [-0.3, -0.25) is 4.90 Å². The molecule has 1 N–H and O–H groups in total. The smallest absolute Gasteiger partial charge is 0.127 e. The first-order chi connectivity index (χ1) is 8.99. The van der Waals surface area contributed by atoms with Crippen molar-refractivity contribution in [3.05, 3.63) is 35.6 Å². The van der Waals surface area contributed by atoms with Gasteiger partial charge in [0.05, 0.1) is 0 Å². The maximum Gasteiger partial charge on any atom is 0.127 e. The van der Waals surface area contributed by atoms with E-state index in [4.69, 9.17) is 0 Å². The monoisotopic (exact) mass is 266 g/mol. The van der Waals surface area contributed by atoms with Crippen LogP contribution in [-0.2, 0) is 0 Å². The molecule has 0 saturated heterocycles. The lowest BCUT2D eigenvalue weighted by Crippen LogP contribution is -2.44. The van der Waals surface area contributed by atoms with Crippen molar-refractivity contribution >= 4 is 0 Å². The molecule has 0 saturated carbocycles. The summed E-state index contributed by atoms with van der Waals surface area (Å²) in [5, 5.41) is 3.40. The molecule has 0 aromatic heterocycles. The van der Waals surface area contributed by atoms with Gasteiger partial charge in [0.1, 0.15) is 5.82 Å². The van der Waals surface area contributed by atoms with Crippen LogP contribution in [0, 0.1) is 11.7 Å². The molecule has 0 heterocycles. The molecule has 1 aromatic rings. The fourth-order valence-corrected chi connectivity index (χ4v) is 2.46. The van der Waals surface area contributed by atoms with E-state index in [1.54, 1.807) is 6.07 Å². The Morgan fingerprint density at radius 3 is 2.37 bits per heavy atom.